The maximum Gasteiger partial charge on any atom is 0.133 e. The summed E-state index contributed by atoms with van der Waals surface area (Å²) in [4.78, 5) is 0. The van der Waals surface area contributed by atoms with Crippen molar-refractivity contribution < 1.29 is 22.3 Å². The van der Waals surface area contributed by atoms with Crippen molar-refractivity contribution >= 4 is 21.6 Å². The average Bonchev–Trinajstić information content (AvgIpc) is 1.76. The van der Waals surface area contributed by atoms with Gasteiger partial charge < -0.3 is 22.3 Å². The average molecular weight is 188 g/mol. The van der Waals surface area contributed by atoms with Gasteiger partial charge in [-0.25, -0.2) is 0 Å². The maximum atomic E-state index is 2.29. The highest BCUT2D eigenvalue weighted by Crippen LogP contribution is 2.18. The molecule has 0 aliphatic carbocycles. The zero-order valence-corrected chi connectivity index (χ0v) is 6.41. The molecular formula is C2H6BrNS2. The Hall–Kier alpha value is 1.14. The van der Waals surface area contributed by atoms with E-state index in [9.17, 15) is 0 Å². The van der Waals surface area contributed by atoms with Gasteiger partial charge in [0.25, 0.3) is 0 Å². The largest absolute Gasteiger partial charge is 1.00 e. The highest BCUT2D eigenvalue weighted by molar-refractivity contribution is 8.76. The summed E-state index contributed by atoms with van der Waals surface area (Å²) in [6, 6.07) is 0. The van der Waals surface area contributed by atoms with E-state index in [0.29, 0.717) is 0 Å². The Kier molecular flexibility index (Phi) is 5.12. The van der Waals surface area contributed by atoms with Gasteiger partial charge in [0.1, 0.15) is 11.8 Å². The van der Waals surface area contributed by atoms with Crippen molar-refractivity contribution in [2.75, 3.05) is 11.8 Å². The van der Waals surface area contributed by atoms with Gasteiger partial charge in [0.2, 0.25) is 0 Å². The van der Waals surface area contributed by atoms with Crippen LogP contribution >= 0.6 is 21.6 Å². The van der Waals surface area contributed by atoms with Crippen molar-refractivity contribution in [3.8, 4) is 0 Å². The second kappa shape index (κ2) is 4.30. The third-order valence-corrected chi connectivity index (χ3v) is 2.68. The van der Waals surface area contributed by atoms with Gasteiger partial charge in [-0.05, 0) is 21.6 Å². The van der Waals surface area contributed by atoms with E-state index in [4.69, 9.17) is 0 Å². The van der Waals surface area contributed by atoms with Gasteiger partial charge in [0, 0.05) is 0 Å². The first-order valence-electron chi connectivity index (χ1n) is 1.56. The maximum absolute atomic E-state index is 2.29. The molecule has 0 spiro atoms. The summed E-state index contributed by atoms with van der Waals surface area (Å²) >= 11 is 0. The van der Waals surface area contributed by atoms with Crippen molar-refractivity contribution in [2.45, 2.75) is 0 Å². The van der Waals surface area contributed by atoms with E-state index in [2.05, 4.69) is 5.32 Å². The molecular weight excluding hydrogens is 182 g/mol. The van der Waals surface area contributed by atoms with E-state index in [0.717, 1.165) is 0 Å². The highest BCUT2D eigenvalue weighted by Gasteiger charge is 1.99. The van der Waals surface area contributed by atoms with E-state index >= 15 is 0 Å². The molecule has 1 heterocycles. The third-order valence-electron chi connectivity index (χ3n) is 0.455. The van der Waals surface area contributed by atoms with E-state index in [1.807, 2.05) is 21.6 Å². The molecule has 38 valence electrons. The smallest absolute Gasteiger partial charge is 0.133 e. The van der Waals surface area contributed by atoms with Crippen molar-refractivity contribution in [1.82, 2.24) is 0 Å². The molecule has 1 fully saturated rings. The van der Waals surface area contributed by atoms with Gasteiger partial charge >= 0.3 is 0 Å². The molecule has 1 saturated heterocycles. The van der Waals surface area contributed by atoms with Gasteiger partial charge in [0.15, 0.2) is 0 Å². The number of hydrogen-bond donors (Lipinski definition) is 1. The lowest BCUT2D eigenvalue weighted by molar-refractivity contribution is -0.614. The Bertz CT molecular complexity index is 23.1. The quantitative estimate of drug-likeness (QED) is 0.405. The van der Waals surface area contributed by atoms with Crippen LogP contribution < -0.4 is 22.3 Å². The Morgan fingerprint density at radius 2 is 1.67 bits per heavy atom. The third kappa shape index (κ3) is 2.34. The Labute approximate surface area is 55.8 Å². The summed E-state index contributed by atoms with van der Waals surface area (Å²) in [5, 5.41) is 2.29. The lowest BCUT2D eigenvalue weighted by Gasteiger charge is -1.70. The van der Waals surface area contributed by atoms with Gasteiger partial charge in [0.05, 0.1) is 0 Å². The molecule has 0 atom stereocenters. The molecule has 1 rings (SSSR count). The number of hydrogen-bond acceptors (Lipinski definition) is 2. The minimum atomic E-state index is 0. The lowest BCUT2D eigenvalue weighted by Crippen LogP contribution is -3.00. The van der Waals surface area contributed by atoms with Crippen LogP contribution in [0, 0.1) is 0 Å². The Morgan fingerprint density at radius 1 is 1.17 bits per heavy atom. The molecule has 2 N–H and O–H groups in total. The summed E-state index contributed by atoms with van der Waals surface area (Å²) in [5.41, 5.74) is 0. The summed E-state index contributed by atoms with van der Waals surface area (Å²) in [5.74, 6) is 2.51. The van der Waals surface area contributed by atoms with Gasteiger partial charge in [-0.15, -0.1) is 0 Å². The monoisotopic (exact) mass is 187 g/mol. The van der Waals surface area contributed by atoms with Crippen molar-refractivity contribution in [1.29, 1.82) is 0 Å². The fraction of sp³-hybridized carbons (Fsp3) is 1.00. The first-order chi connectivity index (χ1) is 2.50. The molecule has 0 aromatic rings. The molecule has 0 radical (unpaired) electrons. The van der Waals surface area contributed by atoms with E-state index in [1.54, 1.807) is 0 Å². The minimum absolute atomic E-state index is 0. The van der Waals surface area contributed by atoms with Crippen LogP contribution in [-0.4, -0.2) is 11.8 Å². The van der Waals surface area contributed by atoms with Crippen LogP contribution in [0.2, 0.25) is 0 Å². The fourth-order valence-corrected chi connectivity index (χ4v) is 2.17. The number of quaternary nitrogens is 1. The summed E-state index contributed by atoms with van der Waals surface area (Å²) in [7, 11) is 3.87. The number of nitrogens with two attached hydrogens (primary N) is 1. The van der Waals surface area contributed by atoms with Crippen LogP contribution in [0.1, 0.15) is 0 Å². The summed E-state index contributed by atoms with van der Waals surface area (Å²) < 4.78 is 0. The molecule has 1 aliphatic rings. The lowest BCUT2D eigenvalue weighted by atomic mass is 11.2. The van der Waals surface area contributed by atoms with E-state index in [1.165, 1.54) is 11.8 Å². The van der Waals surface area contributed by atoms with Crippen LogP contribution in [-0.2, 0) is 0 Å². The normalized spacial score (nSPS) is 20.0. The topological polar surface area (TPSA) is 16.6 Å². The van der Waals surface area contributed by atoms with Crippen LogP contribution in [0.5, 0.6) is 0 Å². The molecule has 1 aliphatic heterocycles. The van der Waals surface area contributed by atoms with Crippen LogP contribution in [0.3, 0.4) is 0 Å². The Morgan fingerprint density at radius 3 is 1.83 bits per heavy atom. The summed E-state index contributed by atoms with van der Waals surface area (Å²) in [6.07, 6.45) is 0. The van der Waals surface area contributed by atoms with Gasteiger partial charge in [-0.1, -0.05) is 0 Å². The number of halogens is 1. The zero-order valence-electron chi connectivity index (χ0n) is 3.19. The van der Waals surface area contributed by atoms with Crippen LogP contribution in [0.25, 0.3) is 0 Å². The molecule has 6 heavy (non-hydrogen) atoms. The molecule has 0 aromatic carbocycles. The molecule has 0 aromatic heterocycles. The summed E-state index contributed by atoms with van der Waals surface area (Å²) in [6.45, 7) is 0. The fourth-order valence-electron chi connectivity index (χ4n) is 0.241. The molecule has 0 unspecified atom stereocenters. The SMILES string of the molecule is C1[NH2+]CSS1.[Br-]. The van der Waals surface area contributed by atoms with Crippen LogP contribution in [0.4, 0.5) is 0 Å². The second-order valence-electron chi connectivity index (χ2n) is 0.858. The Balaban J connectivity index is 0.000000250. The molecule has 0 saturated carbocycles. The first kappa shape index (κ1) is 7.14. The second-order valence-corrected chi connectivity index (χ2v) is 3.41. The van der Waals surface area contributed by atoms with Crippen molar-refractivity contribution in [3.05, 3.63) is 0 Å². The molecule has 0 bridgehead atoms. The van der Waals surface area contributed by atoms with Crippen molar-refractivity contribution in [2.24, 2.45) is 0 Å². The molecule has 0 amide bonds. The van der Waals surface area contributed by atoms with Crippen molar-refractivity contribution in [3.63, 3.8) is 0 Å². The van der Waals surface area contributed by atoms with Gasteiger partial charge in [-0.2, -0.15) is 0 Å². The van der Waals surface area contributed by atoms with Gasteiger partial charge in [-0.3, -0.25) is 0 Å². The van der Waals surface area contributed by atoms with E-state index in [-0.39, 0.29) is 17.0 Å². The predicted octanol–water partition coefficient (Wildman–Crippen LogP) is -3.14. The predicted molar refractivity (Wildman–Crippen MR) is 26.8 cm³/mol. The first-order valence-corrected chi connectivity index (χ1v) is 4.05. The van der Waals surface area contributed by atoms with Crippen LogP contribution in [0.15, 0.2) is 0 Å². The standard InChI is InChI=1S/C2H5NS2.BrH/c1-3-2-5-4-1;/h3H,1-2H2;1H. The molecule has 1 nitrogen and oxygen atoms in total. The number of rotatable bonds is 0. The zero-order chi connectivity index (χ0) is 3.54. The molecule has 4 heteroatoms. The highest BCUT2D eigenvalue weighted by atomic mass is 79.9. The van der Waals surface area contributed by atoms with E-state index < -0.39 is 0 Å². The minimum Gasteiger partial charge on any atom is -1.00 e.